The Kier molecular flexibility index (Phi) is 4.03. The van der Waals surface area contributed by atoms with Crippen molar-refractivity contribution in [1.82, 2.24) is 9.97 Å². The molecule has 4 nitrogen and oxygen atoms in total. The van der Waals surface area contributed by atoms with Crippen LogP contribution in [0, 0.1) is 0 Å². The number of pyridine rings is 2. The number of aromatic carboxylic acids is 1. The highest BCUT2D eigenvalue weighted by Gasteiger charge is 2.16. The maximum absolute atomic E-state index is 11.8. The van der Waals surface area contributed by atoms with E-state index >= 15 is 0 Å². The molecule has 2 aromatic heterocycles. The van der Waals surface area contributed by atoms with Gasteiger partial charge in [-0.25, -0.2) is 9.78 Å². The van der Waals surface area contributed by atoms with E-state index in [9.17, 15) is 9.90 Å². The smallest absolute Gasteiger partial charge is 0.354 e. The van der Waals surface area contributed by atoms with Crippen LogP contribution in [-0.4, -0.2) is 21.0 Å². The Morgan fingerprint density at radius 3 is 1.90 bits per heavy atom. The minimum atomic E-state index is -1.06. The Balaban J connectivity index is 1.88. The first-order valence-corrected chi connectivity index (χ1v) is 9.29. The molecule has 0 spiro atoms. The molecule has 5 rings (SSSR count). The Bertz CT molecular complexity index is 1360. The van der Waals surface area contributed by atoms with Crippen molar-refractivity contribution in [3.8, 4) is 22.3 Å². The minimum Gasteiger partial charge on any atom is -0.477 e. The molecule has 29 heavy (non-hydrogen) atoms. The average Bonchev–Trinajstić information content (AvgIpc) is 2.79. The number of carboxylic acid groups (broad SMARTS) is 1. The van der Waals surface area contributed by atoms with Gasteiger partial charge in [-0.05, 0) is 34.4 Å². The average molecular weight is 376 g/mol. The standard InChI is InChI=1S/C25H16N2O2/c28-25(29)22-15-21(17-9-5-2-6-10-17)20-12-11-19-18(16-7-3-1-4-8-16)13-14-26-23(19)24(20)27-22/h1-15H,(H,28,29). The van der Waals surface area contributed by atoms with Crippen LogP contribution in [0.3, 0.4) is 0 Å². The summed E-state index contributed by atoms with van der Waals surface area (Å²) in [4.78, 5) is 20.8. The summed E-state index contributed by atoms with van der Waals surface area (Å²) in [6, 6.07) is 27.5. The molecule has 138 valence electrons. The number of hydrogen-bond donors (Lipinski definition) is 1. The van der Waals surface area contributed by atoms with Gasteiger partial charge in [-0.1, -0.05) is 72.8 Å². The van der Waals surface area contributed by atoms with Crippen molar-refractivity contribution in [1.29, 1.82) is 0 Å². The van der Waals surface area contributed by atoms with E-state index in [1.807, 2.05) is 66.7 Å². The maximum atomic E-state index is 11.8. The van der Waals surface area contributed by atoms with Crippen molar-refractivity contribution < 1.29 is 9.90 Å². The van der Waals surface area contributed by atoms with E-state index in [1.165, 1.54) is 0 Å². The van der Waals surface area contributed by atoms with Crippen molar-refractivity contribution in [3.63, 3.8) is 0 Å². The van der Waals surface area contributed by atoms with E-state index < -0.39 is 5.97 Å². The van der Waals surface area contributed by atoms with E-state index in [-0.39, 0.29) is 5.69 Å². The predicted octanol–water partition coefficient (Wildman–Crippen LogP) is 5.82. The zero-order valence-corrected chi connectivity index (χ0v) is 15.4. The fourth-order valence-corrected chi connectivity index (χ4v) is 3.74. The van der Waals surface area contributed by atoms with Crippen LogP contribution in [0.15, 0.2) is 91.1 Å². The summed E-state index contributed by atoms with van der Waals surface area (Å²) in [5.74, 6) is -1.06. The second-order valence-corrected chi connectivity index (χ2v) is 6.81. The van der Waals surface area contributed by atoms with Crippen molar-refractivity contribution in [2.75, 3.05) is 0 Å². The number of benzene rings is 3. The molecule has 0 saturated heterocycles. The molecule has 0 saturated carbocycles. The number of aromatic nitrogens is 2. The molecule has 0 fully saturated rings. The van der Waals surface area contributed by atoms with Crippen LogP contribution in [0.2, 0.25) is 0 Å². The van der Waals surface area contributed by atoms with E-state index in [4.69, 9.17) is 0 Å². The fraction of sp³-hybridized carbons (Fsp3) is 0. The molecule has 0 aliphatic rings. The summed E-state index contributed by atoms with van der Waals surface area (Å²) in [6.45, 7) is 0. The van der Waals surface area contributed by atoms with Crippen molar-refractivity contribution in [2.24, 2.45) is 0 Å². The van der Waals surface area contributed by atoms with Gasteiger partial charge in [-0.3, -0.25) is 4.98 Å². The molecule has 0 bridgehead atoms. The molecule has 0 radical (unpaired) electrons. The highest BCUT2D eigenvalue weighted by molar-refractivity contribution is 6.12. The van der Waals surface area contributed by atoms with Crippen LogP contribution in [0.4, 0.5) is 0 Å². The maximum Gasteiger partial charge on any atom is 0.354 e. The molecule has 5 aromatic rings. The van der Waals surface area contributed by atoms with Gasteiger partial charge in [0.15, 0.2) is 0 Å². The lowest BCUT2D eigenvalue weighted by atomic mass is 9.96. The largest absolute Gasteiger partial charge is 0.477 e. The van der Waals surface area contributed by atoms with Crippen LogP contribution in [0.25, 0.3) is 44.1 Å². The Morgan fingerprint density at radius 1 is 0.690 bits per heavy atom. The van der Waals surface area contributed by atoms with Crippen LogP contribution in [-0.2, 0) is 0 Å². The third-order valence-electron chi connectivity index (χ3n) is 5.08. The normalized spacial score (nSPS) is 11.0. The SMILES string of the molecule is O=C(O)c1cc(-c2ccccc2)c2ccc3c(-c4ccccc4)ccnc3c2n1. The molecule has 1 N–H and O–H groups in total. The summed E-state index contributed by atoms with van der Waals surface area (Å²) >= 11 is 0. The van der Waals surface area contributed by atoms with Gasteiger partial charge in [0.05, 0.1) is 11.0 Å². The molecular formula is C25H16N2O2. The van der Waals surface area contributed by atoms with Gasteiger partial charge < -0.3 is 5.11 Å². The Labute approximate surface area is 167 Å². The van der Waals surface area contributed by atoms with E-state index in [0.717, 1.165) is 33.0 Å². The van der Waals surface area contributed by atoms with Crippen LogP contribution in [0.1, 0.15) is 10.5 Å². The first-order chi connectivity index (χ1) is 14.2. The first kappa shape index (κ1) is 17.1. The summed E-state index contributed by atoms with van der Waals surface area (Å²) in [5.41, 5.74) is 5.21. The lowest BCUT2D eigenvalue weighted by molar-refractivity contribution is 0.0691. The van der Waals surface area contributed by atoms with Crippen molar-refractivity contribution in [2.45, 2.75) is 0 Å². The molecule has 0 aliphatic carbocycles. The van der Waals surface area contributed by atoms with Gasteiger partial charge in [-0.15, -0.1) is 0 Å². The number of carboxylic acids is 1. The van der Waals surface area contributed by atoms with Gasteiger partial charge >= 0.3 is 5.97 Å². The Morgan fingerprint density at radius 2 is 1.28 bits per heavy atom. The lowest BCUT2D eigenvalue weighted by Crippen LogP contribution is -2.02. The lowest BCUT2D eigenvalue weighted by Gasteiger charge is -2.12. The van der Waals surface area contributed by atoms with E-state index in [0.29, 0.717) is 11.0 Å². The number of carbonyl (C=O) groups is 1. The number of rotatable bonds is 3. The summed E-state index contributed by atoms with van der Waals surface area (Å²) < 4.78 is 0. The van der Waals surface area contributed by atoms with Crippen LogP contribution >= 0.6 is 0 Å². The number of fused-ring (bicyclic) bond motifs is 3. The molecule has 0 unspecified atom stereocenters. The zero-order chi connectivity index (χ0) is 19.8. The van der Waals surface area contributed by atoms with Crippen LogP contribution in [0.5, 0.6) is 0 Å². The van der Waals surface area contributed by atoms with Crippen molar-refractivity contribution in [3.05, 3.63) is 96.8 Å². The summed E-state index contributed by atoms with van der Waals surface area (Å²) in [5, 5.41) is 11.5. The third kappa shape index (κ3) is 2.91. The van der Waals surface area contributed by atoms with Gasteiger partial charge in [0.2, 0.25) is 0 Å². The minimum absolute atomic E-state index is 0.00997. The quantitative estimate of drug-likeness (QED) is 0.403. The van der Waals surface area contributed by atoms with Gasteiger partial charge in [0.1, 0.15) is 5.69 Å². The number of nitrogens with zero attached hydrogens (tertiary/aromatic N) is 2. The Hall–Kier alpha value is -4.05. The third-order valence-corrected chi connectivity index (χ3v) is 5.08. The molecule has 0 aliphatic heterocycles. The number of hydrogen-bond acceptors (Lipinski definition) is 3. The molecule has 2 heterocycles. The zero-order valence-electron chi connectivity index (χ0n) is 15.4. The second-order valence-electron chi connectivity index (χ2n) is 6.81. The highest BCUT2D eigenvalue weighted by Crippen LogP contribution is 2.35. The van der Waals surface area contributed by atoms with Gasteiger partial charge in [0, 0.05) is 17.0 Å². The van der Waals surface area contributed by atoms with E-state index in [1.54, 1.807) is 12.3 Å². The first-order valence-electron chi connectivity index (χ1n) is 9.29. The molecule has 4 heteroatoms. The molecule has 3 aromatic carbocycles. The molecule has 0 atom stereocenters. The van der Waals surface area contributed by atoms with Gasteiger partial charge in [-0.2, -0.15) is 0 Å². The fourth-order valence-electron chi connectivity index (χ4n) is 3.74. The van der Waals surface area contributed by atoms with Crippen molar-refractivity contribution >= 4 is 27.8 Å². The highest BCUT2D eigenvalue weighted by atomic mass is 16.4. The summed E-state index contributed by atoms with van der Waals surface area (Å²) in [6.07, 6.45) is 1.75. The second kappa shape index (κ2) is 6.84. The van der Waals surface area contributed by atoms with Gasteiger partial charge in [0.25, 0.3) is 0 Å². The van der Waals surface area contributed by atoms with E-state index in [2.05, 4.69) is 22.1 Å². The topological polar surface area (TPSA) is 63.1 Å². The monoisotopic (exact) mass is 376 g/mol. The molecule has 0 amide bonds. The predicted molar refractivity (Wildman–Crippen MR) is 115 cm³/mol. The van der Waals surface area contributed by atoms with Crippen LogP contribution < -0.4 is 0 Å². The summed E-state index contributed by atoms with van der Waals surface area (Å²) in [7, 11) is 0. The molecular weight excluding hydrogens is 360 g/mol.